The lowest BCUT2D eigenvalue weighted by molar-refractivity contribution is -0.134. The summed E-state index contributed by atoms with van der Waals surface area (Å²) in [5.74, 6) is 0. The van der Waals surface area contributed by atoms with Gasteiger partial charge in [0, 0.05) is 26.0 Å². The summed E-state index contributed by atoms with van der Waals surface area (Å²) in [5, 5.41) is 20.9. The van der Waals surface area contributed by atoms with E-state index in [4.69, 9.17) is 10.00 Å². The van der Waals surface area contributed by atoms with Crippen molar-refractivity contribution in [2.45, 2.75) is 31.5 Å². The number of nitriles is 1. The Balaban J connectivity index is 2.11. The van der Waals surface area contributed by atoms with Gasteiger partial charge in [0.25, 0.3) is 0 Å². The Labute approximate surface area is 78.5 Å². The van der Waals surface area contributed by atoms with Crippen molar-refractivity contribution in [2.75, 3.05) is 19.7 Å². The summed E-state index contributed by atoms with van der Waals surface area (Å²) in [5.41, 5.74) is -0.642. The van der Waals surface area contributed by atoms with Crippen molar-refractivity contribution in [1.29, 1.82) is 5.26 Å². The van der Waals surface area contributed by atoms with Gasteiger partial charge in [-0.05, 0) is 6.92 Å². The molecular weight excluding hydrogens is 168 g/mol. The van der Waals surface area contributed by atoms with Crippen LogP contribution in [-0.4, -0.2) is 36.5 Å². The summed E-state index contributed by atoms with van der Waals surface area (Å²) in [7, 11) is 0. The molecule has 4 heteroatoms. The molecular formula is C9H16N2O2. The first-order valence-electron chi connectivity index (χ1n) is 4.62. The van der Waals surface area contributed by atoms with Crippen molar-refractivity contribution >= 4 is 0 Å². The lowest BCUT2D eigenvalue weighted by atomic mass is 9.77. The number of nitrogens with one attached hydrogen (secondary N) is 1. The predicted octanol–water partition coefficient (Wildman–Crippen LogP) is 0.0296. The van der Waals surface area contributed by atoms with Gasteiger partial charge >= 0.3 is 0 Å². The molecule has 0 saturated heterocycles. The third kappa shape index (κ3) is 2.96. The highest BCUT2D eigenvalue weighted by Gasteiger charge is 2.42. The van der Waals surface area contributed by atoms with Gasteiger partial charge in [-0.3, -0.25) is 0 Å². The van der Waals surface area contributed by atoms with Crippen LogP contribution >= 0.6 is 0 Å². The van der Waals surface area contributed by atoms with Gasteiger partial charge in [0.1, 0.15) is 0 Å². The average Bonchev–Trinajstić information content (AvgIpc) is 2.03. The third-order valence-corrected chi connectivity index (χ3v) is 2.28. The number of hydrogen-bond donors (Lipinski definition) is 2. The Morgan fingerprint density at radius 1 is 1.69 bits per heavy atom. The van der Waals surface area contributed by atoms with E-state index in [1.54, 1.807) is 0 Å². The maximum atomic E-state index is 9.78. The fourth-order valence-corrected chi connectivity index (χ4v) is 1.64. The van der Waals surface area contributed by atoms with Crippen LogP contribution in [0.1, 0.15) is 19.8 Å². The molecule has 0 aliphatic heterocycles. The summed E-state index contributed by atoms with van der Waals surface area (Å²) in [4.78, 5) is 0. The molecule has 2 N–H and O–H groups in total. The number of aliphatic hydroxyl groups is 1. The second kappa shape index (κ2) is 4.56. The van der Waals surface area contributed by atoms with E-state index in [9.17, 15) is 5.11 Å². The van der Waals surface area contributed by atoms with Crippen LogP contribution in [-0.2, 0) is 4.74 Å². The molecule has 1 saturated carbocycles. The van der Waals surface area contributed by atoms with Gasteiger partial charge in [0.15, 0.2) is 0 Å². The molecule has 1 rings (SSSR count). The van der Waals surface area contributed by atoms with E-state index in [1.165, 1.54) is 0 Å². The summed E-state index contributed by atoms with van der Waals surface area (Å²) >= 11 is 0. The summed E-state index contributed by atoms with van der Waals surface area (Å²) < 4.78 is 5.33. The van der Waals surface area contributed by atoms with Crippen LogP contribution in [0.25, 0.3) is 0 Å². The SMILES string of the molecule is CCOC1CC(O)(CNCC#N)C1. The van der Waals surface area contributed by atoms with Crippen LogP contribution in [0, 0.1) is 11.3 Å². The Kier molecular flexibility index (Phi) is 3.67. The minimum atomic E-state index is -0.642. The van der Waals surface area contributed by atoms with Gasteiger partial charge in [0.2, 0.25) is 0 Å². The molecule has 0 aromatic carbocycles. The van der Waals surface area contributed by atoms with E-state index in [-0.39, 0.29) is 6.10 Å². The first kappa shape index (κ1) is 10.5. The van der Waals surface area contributed by atoms with Crippen LogP contribution in [0.15, 0.2) is 0 Å². The van der Waals surface area contributed by atoms with Crippen molar-refractivity contribution in [3.8, 4) is 6.07 Å². The quantitative estimate of drug-likeness (QED) is 0.467. The van der Waals surface area contributed by atoms with Crippen molar-refractivity contribution in [1.82, 2.24) is 5.32 Å². The highest BCUT2D eigenvalue weighted by molar-refractivity contribution is 4.97. The number of nitrogens with zero attached hydrogens (tertiary/aromatic N) is 1. The van der Waals surface area contributed by atoms with Crippen LogP contribution < -0.4 is 5.32 Å². The zero-order valence-corrected chi connectivity index (χ0v) is 7.92. The van der Waals surface area contributed by atoms with Gasteiger partial charge in [-0.25, -0.2) is 0 Å². The molecule has 0 spiro atoms. The molecule has 0 unspecified atom stereocenters. The molecule has 1 aliphatic carbocycles. The largest absolute Gasteiger partial charge is 0.388 e. The molecule has 0 aromatic rings. The van der Waals surface area contributed by atoms with Gasteiger partial charge in [-0.1, -0.05) is 0 Å². The Morgan fingerprint density at radius 3 is 2.92 bits per heavy atom. The molecule has 1 fully saturated rings. The van der Waals surface area contributed by atoms with Gasteiger partial charge in [0.05, 0.1) is 24.3 Å². The van der Waals surface area contributed by atoms with Crippen molar-refractivity contribution in [3.05, 3.63) is 0 Å². The Morgan fingerprint density at radius 2 is 2.38 bits per heavy atom. The first-order valence-corrected chi connectivity index (χ1v) is 4.62. The minimum absolute atomic E-state index is 0.207. The number of ether oxygens (including phenoxy) is 1. The minimum Gasteiger partial charge on any atom is -0.388 e. The molecule has 13 heavy (non-hydrogen) atoms. The maximum Gasteiger partial charge on any atom is 0.0841 e. The lowest BCUT2D eigenvalue weighted by Crippen LogP contribution is -2.54. The van der Waals surface area contributed by atoms with E-state index in [1.807, 2.05) is 13.0 Å². The van der Waals surface area contributed by atoms with E-state index in [2.05, 4.69) is 5.32 Å². The van der Waals surface area contributed by atoms with Crippen LogP contribution in [0.4, 0.5) is 0 Å². The molecule has 0 radical (unpaired) electrons. The zero-order chi connectivity index (χ0) is 9.73. The predicted molar refractivity (Wildman–Crippen MR) is 48.1 cm³/mol. The molecule has 4 nitrogen and oxygen atoms in total. The molecule has 0 heterocycles. The average molecular weight is 184 g/mol. The van der Waals surface area contributed by atoms with Crippen LogP contribution in [0.5, 0.6) is 0 Å². The van der Waals surface area contributed by atoms with E-state index >= 15 is 0 Å². The number of rotatable bonds is 5. The van der Waals surface area contributed by atoms with Gasteiger partial charge in [-0.15, -0.1) is 0 Å². The van der Waals surface area contributed by atoms with Gasteiger partial charge < -0.3 is 15.2 Å². The molecule has 0 bridgehead atoms. The van der Waals surface area contributed by atoms with E-state index in [0.29, 0.717) is 32.5 Å². The standard InChI is InChI=1S/C9H16N2O2/c1-2-13-8-5-9(12,6-8)7-11-4-3-10/h8,11-12H,2,4-7H2,1H3. The Hall–Kier alpha value is -0.630. The molecule has 0 aromatic heterocycles. The van der Waals surface area contributed by atoms with Crippen molar-refractivity contribution < 1.29 is 9.84 Å². The fourth-order valence-electron chi connectivity index (χ4n) is 1.64. The highest BCUT2D eigenvalue weighted by Crippen LogP contribution is 2.33. The molecule has 1 aliphatic rings. The smallest absolute Gasteiger partial charge is 0.0841 e. The molecule has 0 atom stereocenters. The normalized spacial score (nSPS) is 32.2. The zero-order valence-electron chi connectivity index (χ0n) is 7.92. The fraction of sp³-hybridized carbons (Fsp3) is 0.889. The molecule has 74 valence electrons. The lowest BCUT2D eigenvalue weighted by Gasteiger charge is -2.43. The monoisotopic (exact) mass is 184 g/mol. The van der Waals surface area contributed by atoms with Gasteiger partial charge in [-0.2, -0.15) is 5.26 Å². The second-order valence-corrected chi connectivity index (χ2v) is 3.47. The van der Waals surface area contributed by atoms with Crippen LogP contribution in [0.2, 0.25) is 0 Å². The van der Waals surface area contributed by atoms with E-state index < -0.39 is 5.60 Å². The third-order valence-electron chi connectivity index (χ3n) is 2.28. The maximum absolute atomic E-state index is 9.78. The Bertz CT molecular complexity index is 194. The number of hydrogen-bond acceptors (Lipinski definition) is 4. The highest BCUT2D eigenvalue weighted by atomic mass is 16.5. The van der Waals surface area contributed by atoms with E-state index in [0.717, 1.165) is 0 Å². The second-order valence-electron chi connectivity index (χ2n) is 3.47. The van der Waals surface area contributed by atoms with Crippen molar-refractivity contribution in [3.63, 3.8) is 0 Å². The summed E-state index contributed by atoms with van der Waals surface area (Å²) in [6.45, 7) is 3.43. The summed E-state index contributed by atoms with van der Waals surface area (Å²) in [6.07, 6.45) is 1.57. The summed E-state index contributed by atoms with van der Waals surface area (Å²) in [6, 6.07) is 1.97. The first-order chi connectivity index (χ1) is 6.20. The molecule has 0 amide bonds. The topological polar surface area (TPSA) is 65.3 Å². The van der Waals surface area contributed by atoms with Crippen molar-refractivity contribution in [2.24, 2.45) is 0 Å². The van der Waals surface area contributed by atoms with Crippen LogP contribution in [0.3, 0.4) is 0 Å².